The Kier molecular flexibility index (Phi) is 44.1. The minimum Gasteiger partial charge on any atom is -0.394 e. The van der Waals surface area contributed by atoms with E-state index in [-0.39, 0.29) is 24.9 Å². The zero-order valence-electron chi connectivity index (χ0n) is 45.1. The molecule has 2 rings (SSSR count). The van der Waals surface area contributed by atoms with Gasteiger partial charge in [-0.2, -0.15) is 0 Å². The first-order valence-corrected chi connectivity index (χ1v) is 28.0. The van der Waals surface area contributed by atoms with E-state index in [1.54, 1.807) is 4.90 Å². The Bertz CT molecular complexity index is 1250. The molecule has 0 aromatic carbocycles. The number of aliphatic hydroxyl groups is 4. The number of likely N-dealkylation sites (N-methyl/N-ethyl adjacent to an activating group) is 1. The molecule has 70 heavy (non-hydrogen) atoms. The third kappa shape index (κ3) is 36.0. The second kappa shape index (κ2) is 46.8. The fraction of sp³-hybridized carbons (Fsp3) is 0.842. The van der Waals surface area contributed by atoms with Gasteiger partial charge in [0, 0.05) is 19.4 Å². The number of hydrogen-bond donors (Lipinski definition) is 5. The molecule has 0 aromatic heterocycles. The average molecular weight is 995 g/mol. The molecule has 5 N–H and O–H groups in total. The molecular formula is C57H106N2O11. The van der Waals surface area contributed by atoms with Gasteiger partial charge in [-0.25, -0.2) is 0 Å². The highest BCUT2D eigenvalue weighted by Crippen LogP contribution is 2.35. The lowest BCUT2D eigenvalue weighted by Gasteiger charge is -2.39. The molecule has 2 aliphatic heterocycles. The monoisotopic (exact) mass is 995 g/mol. The zero-order valence-corrected chi connectivity index (χ0v) is 45.1. The van der Waals surface area contributed by atoms with E-state index in [9.17, 15) is 20.1 Å². The van der Waals surface area contributed by atoms with Crippen LogP contribution in [-0.2, 0) is 33.2 Å². The lowest BCUT2D eigenvalue weighted by atomic mass is 9.98. The number of carbonyl (C=O) groups is 1. The second-order valence-electron chi connectivity index (χ2n) is 19.4. The van der Waals surface area contributed by atoms with Crippen LogP contribution in [-0.4, -0.2) is 147 Å². The van der Waals surface area contributed by atoms with Gasteiger partial charge in [-0.1, -0.05) is 146 Å². The first-order valence-electron chi connectivity index (χ1n) is 28.0. The number of ether oxygens (including phenoxy) is 6. The second-order valence-corrected chi connectivity index (χ2v) is 19.4. The molecule has 13 nitrogen and oxygen atoms in total. The molecule has 2 unspecified atom stereocenters. The van der Waals surface area contributed by atoms with Crippen LogP contribution in [0.15, 0.2) is 48.6 Å². The largest absolute Gasteiger partial charge is 0.394 e. The Morgan fingerprint density at radius 1 is 0.614 bits per heavy atom. The van der Waals surface area contributed by atoms with Crippen molar-refractivity contribution in [2.45, 2.75) is 237 Å². The zero-order chi connectivity index (χ0) is 51.2. The first kappa shape index (κ1) is 66.0. The van der Waals surface area contributed by atoms with Gasteiger partial charge in [0.2, 0.25) is 5.91 Å². The molecule has 2 aliphatic rings. The van der Waals surface area contributed by atoms with Crippen molar-refractivity contribution >= 4 is 5.91 Å². The number of allylic oxidation sites excluding steroid dienone is 8. The van der Waals surface area contributed by atoms with Crippen LogP contribution in [0.1, 0.15) is 194 Å². The van der Waals surface area contributed by atoms with Crippen LogP contribution in [0.25, 0.3) is 0 Å². The van der Waals surface area contributed by atoms with Crippen molar-refractivity contribution in [3.8, 4) is 0 Å². The average Bonchev–Trinajstić information content (AvgIpc) is 3.77. The molecule has 0 bridgehead atoms. The number of carbonyl (C=O) groups excluding carboxylic acids is 1. The number of rotatable bonds is 44. The molecule has 2 fully saturated rings. The molecule has 0 aromatic rings. The van der Waals surface area contributed by atoms with E-state index < -0.39 is 37.3 Å². The van der Waals surface area contributed by atoms with Crippen LogP contribution in [0.3, 0.4) is 0 Å². The third-order valence-corrected chi connectivity index (χ3v) is 12.6. The molecule has 410 valence electrons. The molecule has 0 saturated carbocycles. The van der Waals surface area contributed by atoms with Crippen LogP contribution < -0.4 is 5.32 Å². The molecule has 1 amide bonds. The number of unbranched alkanes of at least 4 members (excludes halogenated alkanes) is 18. The molecular weight excluding hydrogens is 889 g/mol. The fourth-order valence-corrected chi connectivity index (χ4v) is 8.33. The van der Waals surface area contributed by atoms with Gasteiger partial charge in [0.15, 0.2) is 12.1 Å². The maximum Gasteiger partial charge on any atom is 0.234 e. The maximum absolute atomic E-state index is 11.4. The summed E-state index contributed by atoms with van der Waals surface area (Å²) < 4.78 is 33.9. The van der Waals surface area contributed by atoms with Gasteiger partial charge in [0.25, 0.3) is 0 Å². The molecule has 6 atom stereocenters. The molecule has 0 radical (unpaired) electrons. The highest BCUT2D eigenvalue weighted by molar-refractivity contribution is 5.77. The Labute approximate surface area is 427 Å². The Morgan fingerprint density at radius 3 is 1.56 bits per heavy atom. The van der Waals surface area contributed by atoms with Crippen LogP contribution >= 0.6 is 0 Å². The number of aliphatic hydroxyl groups excluding tert-OH is 4. The van der Waals surface area contributed by atoms with Crippen molar-refractivity contribution in [2.75, 3.05) is 73.4 Å². The summed E-state index contributed by atoms with van der Waals surface area (Å²) >= 11 is 0. The maximum atomic E-state index is 11.4. The predicted octanol–water partition coefficient (Wildman–Crippen LogP) is 10.4. The van der Waals surface area contributed by atoms with E-state index in [4.69, 9.17) is 33.5 Å². The Morgan fingerprint density at radius 2 is 1.09 bits per heavy atom. The minimum absolute atomic E-state index is 0.0646. The van der Waals surface area contributed by atoms with Crippen LogP contribution in [0.4, 0.5) is 0 Å². The van der Waals surface area contributed by atoms with Gasteiger partial charge >= 0.3 is 0 Å². The van der Waals surface area contributed by atoms with Crippen LogP contribution in [0.2, 0.25) is 0 Å². The smallest absolute Gasteiger partial charge is 0.234 e. The Balaban J connectivity index is 0.000000777. The first-order chi connectivity index (χ1) is 34.1. The summed E-state index contributed by atoms with van der Waals surface area (Å²) in [6.45, 7) is 9.15. The van der Waals surface area contributed by atoms with E-state index in [0.29, 0.717) is 39.0 Å². The molecule has 2 heterocycles. The fourth-order valence-electron chi connectivity index (χ4n) is 8.33. The van der Waals surface area contributed by atoms with Gasteiger partial charge in [0.1, 0.15) is 24.4 Å². The van der Waals surface area contributed by atoms with Crippen molar-refractivity contribution in [1.29, 1.82) is 0 Å². The highest BCUT2D eigenvalue weighted by Gasteiger charge is 2.44. The lowest BCUT2D eigenvalue weighted by molar-refractivity contribution is -0.302. The molecule has 13 heteroatoms. The summed E-state index contributed by atoms with van der Waals surface area (Å²) in [5, 5.41) is 40.9. The number of amides is 1. The molecule has 0 spiro atoms. The summed E-state index contributed by atoms with van der Waals surface area (Å²) in [6.07, 6.45) is 47.0. The standard InChI is InChI=1S/C41H74O2.C16H32N2O9/c1-4-7-9-11-13-15-17-19-21-23-25-27-29-31-33-35-37-41(42-39-40(6-3)43-41)38-36-34-32-30-28-26-24-22-20-18-16-14-12-10-8-5-2;1-18(2)9-12(20)17-3-4-24-5-6-25-7-8-26-16-15(23)14(22)13(21)11(10-19)27-16/h13-16,19-22,40H,4-12,17-18,23-39H2,1-3H3;11,13-16,19,21-23H,3-10H2,1-2H3,(H,17,20)/b15-13-,16-14-,21-19-,22-20-;/t40-;11?,13-,14+,15?,16-/m01/s1. The lowest BCUT2D eigenvalue weighted by Crippen LogP contribution is -2.59. The summed E-state index contributed by atoms with van der Waals surface area (Å²) in [5.74, 6) is -0.351. The van der Waals surface area contributed by atoms with Gasteiger partial charge in [-0.3, -0.25) is 4.79 Å². The van der Waals surface area contributed by atoms with E-state index in [0.717, 1.165) is 38.7 Å². The Hall–Kier alpha value is -2.01. The minimum atomic E-state index is -1.46. The SMILES string of the molecule is CCCCC/C=C\C/C=C\CCCCCCCCC1(CCCCCCCC/C=C\C/C=C\CCCCC)OC[C@H](CC)O1.CN(C)CC(=O)NCCOCCOCCO[C@@H]1OC(CO)[C@@H](O)[C@H](O)C1O. The summed E-state index contributed by atoms with van der Waals surface area (Å²) in [6, 6.07) is 0. The van der Waals surface area contributed by atoms with Crippen LogP contribution in [0, 0.1) is 0 Å². The van der Waals surface area contributed by atoms with E-state index in [1.807, 2.05) is 14.1 Å². The topological polar surface area (TPSA) is 169 Å². The third-order valence-electron chi connectivity index (χ3n) is 12.6. The normalized spacial score (nSPS) is 21.5. The summed E-state index contributed by atoms with van der Waals surface area (Å²) in [7, 11) is 3.63. The number of nitrogens with one attached hydrogen (secondary N) is 1. The van der Waals surface area contributed by atoms with E-state index in [1.165, 1.54) is 141 Å². The highest BCUT2D eigenvalue weighted by atomic mass is 16.7. The molecule has 2 saturated heterocycles. The quantitative estimate of drug-likeness (QED) is 0.0290. The summed E-state index contributed by atoms with van der Waals surface area (Å²) in [5.41, 5.74) is 0. The van der Waals surface area contributed by atoms with Crippen molar-refractivity contribution in [3.05, 3.63) is 48.6 Å². The van der Waals surface area contributed by atoms with Crippen molar-refractivity contribution in [3.63, 3.8) is 0 Å². The number of hydrogen-bond acceptors (Lipinski definition) is 12. The van der Waals surface area contributed by atoms with E-state index >= 15 is 0 Å². The van der Waals surface area contributed by atoms with Gasteiger partial charge in [-0.15, -0.1) is 0 Å². The van der Waals surface area contributed by atoms with E-state index in [2.05, 4.69) is 74.7 Å². The predicted molar refractivity (Wildman–Crippen MR) is 285 cm³/mol. The van der Waals surface area contributed by atoms with Crippen molar-refractivity contribution in [2.24, 2.45) is 0 Å². The van der Waals surface area contributed by atoms with Gasteiger partial charge < -0.3 is 59.1 Å². The van der Waals surface area contributed by atoms with Crippen molar-refractivity contribution in [1.82, 2.24) is 10.2 Å². The number of nitrogens with zero attached hydrogens (tertiary/aromatic N) is 1. The molecule has 0 aliphatic carbocycles. The van der Waals surface area contributed by atoms with Crippen molar-refractivity contribution < 1.29 is 53.6 Å². The van der Waals surface area contributed by atoms with Crippen LogP contribution in [0.5, 0.6) is 0 Å². The summed E-state index contributed by atoms with van der Waals surface area (Å²) in [4.78, 5) is 13.1. The van der Waals surface area contributed by atoms with Gasteiger partial charge in [-0.05, 0) is 97.6 Å². The van der Waals surface area contributed by atoms with Gasteiger partial charge in [0.05, 0.1) is 58.9 Å².